The molecule has 4 heterocycles. The zero-order valence-electron chi connectivity index (χ0n) is 17.9. The molecule has 0 unspecified atom stereocenters. The molecule has 1 aromatic heterocycles. The predicted octanol–water partition coefficient (Wildman–Crippen LogP) is 1.66. The minimum Gasteiger partial charge on any atom is -0.497 e. The standard InChI is InChI=1S/C22H24N4O5S/c1-30-15-4-3-14-11-25(19(27)16(14)10-15)12-22(20(28)23-21(29)24-22)18-9-13-5-7-26(32-2)8-6-17(13)31-18/h3-4,9-10H,5-8,11-12H2,1-2H3,(H2,23,24,28,29)/t22-/m0/s1. The van der Waals surface area contributed by atoms with Crippen molar-refractivity contribution in [3.05, 3.63) is 52.5 Å². The van der Waals surface area contributed by atoms with Gasteiger partial charge in [-0.3, -0.25) is 19.2 Å². The lowest BCUT2D eigenvalue weighted by Crippen LogP contribution is -2.52. The lowest BCUT2D eigenvalue weighted by atomic mass is 9.94. The second-order valence-electron chi connectivity index (χ2n) is 8.17. The lowest BCUT2D eigenvalue weighted by Gasteiger charge is -2.29. The smallest absolute Gasteiger partial charge is 0.322 e. The Hall–Kier alpha value is -2.98. The molecule has 1 aromatic carbocycles. The molecule has 3 aliphatic heterocycles. The third kappa shape index (κ3) is 3.34. The first-order valence-corrected chi connectivity index (χ1v) is 11.6. The first-order valence-electron chi connectivity index (χ1n) is 10.4. The normalized spacial score (nSPS) is 22.9. The van der Waals surface area contributed by atoms with Crippen molar-refractivity contribution < 1.29 is 23.5 Å². The molecule has 0 radical (unpaired) electrons. The number of nitrogens with zero attached hydrogens (tertiary/aromatic N) is 2. The maximum Gasteiger partial charge on any atom is 0.322 e. The molecule has 0 spiro atoms. The Kier molecular flexibility index (Phi) is 5.13. The Morgan fingerprint density at radius 1 is 1.16 bits per heavy atom. The Labute approximate surface area is 189 Å². The lowest BCUT2D eigenvalue weighted by molar-refractivity contribution is -0.125. The summed E-state index contributed by atoms with van der Waals surface area (Å²) in [5.41, 5.74) is 0.954. The zero-order chi connectivity index (χ0) is 22.5. The molecule has 0 bridgehead atoms. The molecule has 1 fully saturated rings. The molecule has 32 heavy (non-hydrogen) atoms. The van der Waals surface area contributed by atoms with Gasteiger partial charge in [0, 0.05) is 31.6 Å². The largest absolute Gasteiger partial charge is 0.497 e. The highest BCUT2D eigenvalue weighted by molar-refractivity contribution is 7.96. The number of fused-ring (bicyclic) bond motifs is 2. The van der Waals surface area contributed by atoms with Crippen molar-refractivity contribution in [1.29, 1.82) is 0 Å². The van der Waals surface area contributed by atoms with Crippen molar-refractivity contribution >= 4 is 29.8 Å². The van der Waals surface area contributed by atoms with Crippen LogP contribution in [0.2, 0.25) is 0 Å². The van der Waals surface area contributed by atoms with E-state index in [2.05, 4.69) is 14.9 Å². The first-order chi connectivity index (χ1) is 15.4. The van der Waals surface area contributed by atoms with Crippen LogP contribution in [0.3, 0.4) is 0 Å². The van der Waals surface area contributed by atoms with E-state index in [0.29, 0.717) is 23.6 Å². The summed E-state index contributed by atoms with van der Waals surface area (Å²) in [7, 11) is 1.55. The zero-order valence-corrected chi connectivity index (χ0v) is 18.7. The molecule has 1 atom stereocenters. The first kappa shape index (κ1) is 20.9. The van der Waals surface area contributed by atoms with Crippen LogP contribution in [0.25, 0.3) is 0 Å². The fourth-order valence-electron chi connectivity index (χ4n) is 4.60. The molecule has 1 saturated heterocycles. The Bertz CT molecular complexity index is 1090. The summed E-state index contributed by atoms with van der Waals surface area (Å²) in [6, 6.07) is 6.61. The van der Waals surface area contributed by atoms with Gasteiger partial charge in [0.1, 0.15) is 17.3 Å². The quantitative estimate of drug-likeness (QED) is 0.521. The Morgan fingerprint density at radius 2 is 1.97 bits per heavy atom. The molecule has 5 rings (SSSR count). The monoisotopic (exact) mass is 456 g/mol. The molecule has 168 valence electrons. The van der Waals surface area contributed by atoms with Gasteiger partial charge in [-0.25, -0.2) is 4.79 Å². The van der Waals surface area contributed by atoms with Crippen LogP contribution in [0.5, 0.6) is 5.75 Å². The van der Waals surface area contributed by atoms with Crippen molar-refractivity contribution in [3.63, 3.8) is 0 Å². The maximum atomic E-state index is 13.1. The number of carbonyl (C=O) groups is 3. The van der Waals surface area contributed by atoms with Crippen LogP contribution < -0.4 is 15.4 Å². The summed E-state index contributed by atoms with van der Waals surface area (Å²) < 4.78 is 13.7. The van der Waals surface area contributed by atoms with Gasteiger partial charge in [-0.1, -0.05) is 18.0 Å². The van der Waals surface area contributed by atoms with Gasteiger partial charge in [0.05, 0.1) is 13.7 Å². The van der Waals surface area contributed by atoms with E-state index in [0.717, 1.165) is 42.8 Å². The van der Waals surface area contributed by atoms with Gasteiger partial charge in [-0.15, -0.1) is 0 Å². The third-order valence-electron chi connectivity index (χ3n) is 6.36. The summed E-state index contributed by atoms with van der Waals surface area (Å²) >= 11 is 1.70. The fourth-order valence-corrected chi connectivity index (χ4v) is 5.15. The molecule has 0 saturated carbocycles. The minimum atomic E-state index is -1.47. The number of hydrogen-bond acceptors (Lipinski definition) is 7. The number of carbonyl (C=O) groups excluding carboxylic acids is 3. The van der Waals surface area contributed by atoms with Gasteiger partial charge in [-0.2, -0.15) is 0 Å². The van der Waals surface area contributed by atoms with Gasteiger partial charge >= 0.3 is 6.03 Å². The molecule has 2 N–H and O–H groups in total. The van der Waals surface area contributed by atoms with Crippen LogP contribution in [0, 0.1) is 0 Å². The number of benzene rings is 1. The van der Waals surface area contributed by atoms with Crippen molar-refractivity contribution in [2.24, 2.45) is 0 Å². The summed E-state index contributed by atoms with van der Waals surface area (Å²) in [5, 5.41) is 5.07. The Balaban J connectivity index is 1.47. The maximum absolute atomic E-state index is 13.1. The molecule has 3 aliphatic rings. The molecule has 9 nitrogen and oxygen atoms in total. The minimum absolute atomic E-state index is 0.0241. The number of ether oxygens (including phenoxy) is 1. The highest BCUT2D eigenvalue weighted by atomic mass is 32.2. The van der Waals surface area contributed by atoms with E-state index in [1.807, 2.05) is 18.4 Å². The highest BCUT2D eigenvalue weighted by Crippen LogP contribution is 2.35. The average Bonchev–Trinajstić information content (AvgIpc) is 3.38. The molecule has 4 amide bonds. The predicted molar refractivity (Wildman–Crippen MR) is 117 cm³/mol. The van der Waals surface area contributed by atoms with E-state index in [4.69, 9.17) is 9.15 Å². The number of urea groups is 1. The average molecular weight is 457 g/mol. The van der Waals surface area contributed by atoms with E-state index >= 15 is 0 Å². The summed E-state index contributed by atoms with van der Waals surface area (Å²) in [6.07, 6.45) is 3.56. The summed E-state index contributed by atoms with van der Waals surface area (Å²) in [5.74, 6) is 1.06. The van der Waals surface area contributed by atoms with E-state index in [-0.39, 0.29) is 12.5 Å². The van der Waals surface area contributed by atoms with Crippen LogP contribution in [0.4, 0.5) is 4.79 Å². The SMILES string of the molecule is COc1ccc2c(c1)C(=O)N(C[C@@]1(c3cc4c(o3)CCN(SC)CC4)NC(=O)NC1=O)C2. The number of furan rings is 1. The number of amides is 4. The van der Waals surface area contributed by atoms with Crippen molar-refractivity contribution in [1.82, 2.24) is 19.8 Å². The second-order valence-corrected chi connectivity index (χ2v) is 9.05. The topological polar surface area (TPSA) is 104 Å². The molecular formula is C22H24N4O5S. The van der Waals surface area contributed by atoms with Gasteiger partial charge < -0.3 is 19.4 Å². The number of methoxy groups -OCH3 is 1. The van der Waals surface area contributed by atoms with E-state index in [9.17, 15) is 14.4 Å². The van der Waals surface area contributed by atoms with E-state index in [1.165, 1.54) is 0 Å². The van der Waals surface area contributed by atoms with Gasteiger partial charge in [0.2, 0.25) is 0 Å². The van der Waals surface area contributed by atoms with Crippen LogP contribution in [-0.4, -0.2) is 60.1 Å². The van der Waals surface area contributed by atoms with E-state index in [1.54, 1.807) is 36.1 Å². The van der Waals surface area contributed by atoms with Crippen LogP contribution >= 0.6 is 11.9 Å². The molecular weight excluding hydrogens is 432 g/mol. The molecule has 0 aliphatic carbocycles. The summed E-state index contributed by atoms with van der Waals surface area (Å²) in [4.78, 5) is 39.9. The van der Waals surface area contributed by atoms with Gasteiger partial charge in [0.25, 0.3) is 11.8 Å². The number of hydrogen-bond donors (Lipinski definition) is 2. The fraction of sp³-hybridized carbons (Fsp3) is 0.409. The van der Waals surface area contributed by atoms with E-state index < -0.39 is 17.5 Å². The van der Waals surface area contributed by atoms with Crippen molar-refractivity contribution in [3.8, 4) is 5.75 Å². The van der Waals surface area contributed by atoms with Crippen LogP contribution in [0.15, 0.2) is 28.7 Å². The second kappa shape index (κ2) is 7.86. The van der Waals surface area contributed by atoms with Gasteiger partial charge in [0.15, 0.2) is 5.54 Å². The Morgan fingerprint density at radius 3 is 2.69 bits per heavy atom. The summed E-state index contributed by atoms with van der Waals surface area (Å²) in [6.45, 7) is 2.03. The molecule has 2 aromatic rings. The number of rotatable bonds is 5. The highest BCUT2D eigenvalue weighted by Gasteiger charge is 2.53. The van der Waals surface area contributed by atoms with Crippen LogP contribution in [-0.2, 0) is 29.7 Å². The van der Waals surface area contributed by atoms with Gasteiger partial charge in [-0.05, 0) is 42.0 Å². The van der Waals surface area contributed by atoms with Crippen molar-refractivity contribution in [2.45, 2.75) is 24.9 Å². The molecule has 10 heteroatoms. The van der Waals surface area contributed by atoms with Crippen LogP contribution in [0.1, 0.15) is 33.0 Å². The third-order valence-corrected chi connectivity index (χ3v) is 7.24. The van der Waals surface area contributed by atoms with Crippen molar-refractivity contribution in [2.75, 3.05) is 33.0 Å². The number of nitrogens with one attached hydrogen (secondary N) is 2. The number of imide groups is 1.